The highest BCUT2D eigenvalue weighted by atomic mass is 19.4. The third kappa shape index (κ3) is 4.24. The minimum Gasteiger partial charge on any atom is -0.384 e. The van der Waals surface area contributed by atoms with Crippen LogP contribution in [0.3, 0.4) is 0 Å². The van der Waals surface area contributed by atoms with Crippen molar-refractivity contribution in [1.29, 1.82) is 0 Å². The highest BCUT2D eigenvalue weighted by Crippen LogP contribution is 2.39. The van der Waals surface area contributed by atoms with E-state index in [-0.39, 0.29) is 18.2 Å². The summed E-state index contributed by atoms with van der Waals surface area (Å²) in [6.07, 6.45) is -1.74. The van der Waals surface area contributed by atoms with E-state index in [0.29, 0.717) is 43.2 Å². The van der Waals surface area contributed by atoms with Crippen LogP contribution in [-0.2, 0) is 11.2 Å². The van der Waals surface area contributed by atoms with E-state index in [4.69, 9.17) is 15.5 Å². The Hall–Kier alpha value is -3.08. The van der Waals surface area contributed by atoms with E-state index in [2.05, 4.69) is 10.2 Å². The Bertz CT molecular complexity index is 1320. The molecular weight excluding hydrogens is 445 g/mol. The standard InChI is InChI=1S/C24H25F3N6O/c1-34-12-10-16-4-2-3-15-5-7-19(29-21(15)16)23-31-30-20-8-6-17(13-33(20)23)22(24(25,26)27)32-11-9-18(28)14-32/h2-8,13,18,22H,9-12,14,28H2,1H3. The third-order valence-electron chi connectivity index (χ3n) is 6.28. The van der Waals surface area contributed by atoms with Gasteiger partial charge in [-0.05, 0) is 36.1 Å². The normalized spacial score (nSPS) is 18.2. The zero-order valence-corrected chi connectivity index (χ0v) is 18.7. The van der Waals surface area contributed by atoms with E-state index in [1.165, 1.54) is 17.2 Å². The Morgan fingerprint density at radius 2 is 2.00 bits per heavy atom. The van der Waals surface area contributed by atoms with Crippen molar-refractivity contribution >= 4 is 16.6 Å². The molecule has 0 aliphatic carbocycles. The number of alkyl halides is 3. The number of aromatic nitrogens is 4. The molecule has 1 saturated heterocycles. The first-order valence-corrected chi connectivity index (χ1v) is 11.1. The molecule has 178 valence electrons. The average Bonchev–Trinajstić information content (AvgIpc) is 3.42. The van der Waals surface area contributed by atoms with Crippen molar-refractivity contribution in [2.45, 2.75) is 31.1 Å². The summed E-state index contributed by atoms with van der Waals surface area (Å²) in [5, 5.41) is 9.37. The molecular formula is C24H25F3N6O. The van der Waals surface area contributed by atoms with E-state index < -0.39 is 12.2 Å². The molecule has 0 saturated carbocycles. The molecule has 1 aliphatic heterocycles. The lowest BCUT2D eigenvalue weighted by Crippen LogP contribution is -2.38. The maximum absolute atomic E-state index is 14.1. The summed E-state index contributed by atoms with van der Waals surface area (Å²) in [7, 11) is 1.65. The first kappa shape index (κ1) is 22.7. The molecule has 0 bridgehead atoms. The number of methoxy groups -OCH3 is 1. The molecule has 1 aromatic carbocycles. The molecule has 5 rings (SSSR count). The van der Waals surface area contributed by atoms with Crippen molar-refractivity contribution in [2.75, 3.05) is 26.8 Å². The number of benzene rings is 1. The monoisotopic (exact) mass is 470 g/mol. The number of pyridine rings is 2. The van der Waals surface area contributed by atoms with Gasteiger partial charge < -0.3 is 10.5 Å². The topological polar surface area (TPSA) is 81.6 Å². The summed E-state index contributed by atoms with van der Waals surface area (Å²) >= 11 is 0. The molecule has 0 spiro atoms. The minimum absolute atomic E-state index is 0.122. The molecule has 10 heteroatoms. The van der Waals surface area contributed by atoms with E-state index in [1.54, 1.807) is 17.6 Å². The minimum atomic E-state index is -4.44. The highest BCUT2D eigenvalue weighted by molar-refractivity contribution is 5.84. The zero-order chi connectivity index (χ0) is 23.9. The van der Waals surface area contributed by atoms with Crippen molar-refractivity contribution in [3.63, 3.8) is 0 Å². The predicted molar refractivity (Wildman–Crippen MR) is 122 cm³/mol. The molecule has 4 aromatic rings. The third-order valence-corrected chi connectivity index (χ3v) is 6.28. The number of nitrogens with two attached hydrogens (primary N) is 1. The summed E-state index contributed by atoms with van der Waals surface area (Å²) in [5.74, 6) is 0.388. The highest BCUT2D eigenvalue weighted by Gasteiger charge is 2.46. The second kappa shape index (κ2) is 8.94. The van der Waals surface area contributed by atoms with Crippen LogP contribution in [0.25, 0.3) is 28.1 Å². The van der Waals surface area contributed by atoms with E-state index in [1.807, 2.05) is 30.3 Å². The molecule has 2 N–H and O–H groups in total. The average molecular weight is 470 g/mol. The molecule has 34 heavy (non-hydrogen) atoms. The van der Waals surface area contributed by atoms with Crippen LogP contribution in [-0.4, -0.2) is 63.5 Å². The molecule has 2 unspecified atom stereocenters. The van der Waals surface area contributed by atoms with Crippen molar-refractivity contribution in [3.8, 4) is 11.5 Å². The number of para-hydroxylation sites is 1. The molecule has 1 fully saturated rings. The van der Waals surface area contributed by atoms with Gasteiger partial charge in [0.05, 0.1) is 12.1 Å². The van der Waals surface area contributed by atoms with Gasteiger partial charge in [0, 0.05) is 37.8 Å². The quantitative estimate of drug-likeness (QED) is 0.462. The number of ether oxygens (including phenoxy) is 1. The van der Waals surface area contributed by atoms with Crippen LogP contribution in [0.1, 0.15) is 23.6 Å². The molecule has 1 aliphatic rings. The maximum atomic E-state index is 14.1. The second-order valence-electron chi connectivity index (χ2n) is 8.63. The van der Waals surface area contributed by atoms with Gasteiger partial charge in [-0.3, -0.25) is 9.30 Å². The predicted octanol–water partition coefficient (Wildman–Crippen LogP) is 3.77. The largest absolute Gasteiger partial charge is 0.408 e. The molecule has 2 atom stereocenters. The summed E-state index contributed by atoms with van der Waals surface area (Å²) in [6, 6.07) is 10.7. The number of halogens is 3. The molecule has 0 amide bonds. The Balaban J connectivity index is 1.59. The molecule has 3 aromatic heterocycles. The van der Waals surface area contributed by atoms with Crippen molar-refractivity contribution in [1.82, 2.24) is 24.5 Å². The van der Waals surface area contributed by atoms with Gasteiger partial charge in [0.15, 0.2) is 11.5 Å². The Labute approximate surface area is 194 Å². The van der Waals surface area contributed by atoms with Crippen LogP contribution in [0.2, 0.25) is 0 Å². The first-order chi connectivity index (χ1) is 16.3. The zero-order valence-electron chi connectivity index (χ0n) is 18.7. The van der Waals surface area contributed by atoms with Gasteiger partial charge in [0.1, 0.15) is 11.7 Å². The maximum Gasteiger partial charge on any atom is 0.408 e. The van der Waals surface area contributed by atoms with E-state index in [9.17, 15) is 13.2 Å². The van der Waals surface area contributed by atoms with Gasteiger partial charge in [-0.2, -0.15) is 13.2 Å². The Kier molecular flexibility index (Phi) is 5.97. The van der Waals surface area contributed by atoms with Gasteiger partial charge in [0.2, 0.25) is 0 Å². The van der Waals surface area contributed by atoms with Crippen LogP contribution in [0.4, 0.5) is 13.2 Å². The number of fused-ring (bicyclic) bond motifs is 2. The number of likely N-dealkylation sites (tertiary alicyclic amines) is 1. The number of rotatable bonds is 6. The molecule has 7 nitrogen and oxygen atoms in total. The van der Waals surface area contributed by atoms with Crippen LogP contribution in [0.5, 0.6) is 0 Å². The van der Waals surface area contributed by atoms with Gasteiger partial charge in [-0.1, -0.05) is 30.3 Å². The van der Waals surface area contributed by atoms with Gasteiger partial charge in [-0.15, -0.1) is 10.2 Å². The summed E-state index contributed by atoms with van der Waals surface area (Å²) in [6.45, 7) is 1.06. The van der Waals surface area contributed by atoms with Crippen LogP contribution in [0.15, 0.2) is 48.7 Å². The van der Waals surface area contributed by atoms with E-state index in [0.717, 1.165) is 16.5 Å². The van der Waals surface area contributed by atoms with Crippen LogP contribution >= 0.6 is 0 Å². The fourth-order valence-corrected chi connectivity index (χ4v) is 4.65. The smallest absolute Gasteiger partial charge is 0.384 e. The summed E-state index contributed by atoms with van der Waals surface area (Å²) in [4.78, 5) is 6.20. The fraction of sp³-hybridized carbons (Fsp3) is 0.375. The lowest BCUT2D eigenvalue weighted by molar-refractivity contribution is -0.183. The van der Waals surface area contributed by atoms with Crippen molar-refractivity contribution in [2.24, 2.45) is 5.73 Å². The van der Waals surface area contributed by atoms with Crippen LogP contribution in [0, 0.1) is 0 Å². The van der Waals surface area contributed by atoms with Crippen LogP contribution < -0.4 is 5.73 Å². The lowest BCUT2D eigenvalue weighted by Gasteiger charge is -2.30. The summed E-state index contributed by atoms with van der Waals surface area (Å²) in [5.41, 5.74) is 8.84. The van der Waals surface area contributed by atoms with E-state index >= 15 is 0 Å². The number of hydrogen-bond acceptors (Lipinski definition) is 6. The van der Waals surface area contributed by atoms with Gasteiger partial charge in [-0.25, -0.2) is 4.98 Å². The Morgan fingerprint density at radius 3 is 2.74 bits per heavy atom. The number of hydrogen-bond donors (Lipinski definition) is 1. The number of nitrogens with zero attached hydrogens (tertiary/aromatic N) is 5. The fourth-order valence-electron chi connectivity index (χ4n) is 4.65. The van der Waals surface area contributed by atoms with Crippen molar-refractivity contribution < 1.29 is 17.9 Å². The van der Waals surface area contributed by atoms with Gasteiger partial charge >= 0.3 is 6.18 Å². The first-order valence-electron chi connectivity index (χ1n) is 11.1. The molecule has 0 radical (unpaired) electrons. The summed E-state index contributed by atoms with van der Waals surface area (Å²) < 4.78 is 49.1. The molecule has 4 heterocycles. The van der Waals surface area contributed by atoms with Gasteiger partial charge in [0.25, 0.3) is 0 Å². The second-order valence-corrected chi connectivity index (χ2v) is 8.63. The lowest BCUT2D eigenvalue weighted by atomic mass is 10.1. The van der Waals surface area contributed by atoms with Crippen molar-refractivity contribution in [3.05, 3.63) is 59.8 Å². The Morgan fingerprint density at radius 1 is 1.15 bits per heavy atom. The SMILES string of the molecule is COCCc1cccc2ccc(-c3nnc4ccc(C(N5CCC(N)C5)C(F)(F)F)cn34)nc12.